The lowest BCUT2D eigenvalue weighted by molar-refractivity contribution is -0.116. The second kappa shape index (κ2) is 6.13. The summed E-state index contributed by atoms with van der Waals surface area (Å²) in [5.41, 5.74) is 8.56. The molecule has 21 heavy (non-hydrogen) atoms. The summed E-state index contributed by atoms with van der Waals surface area (Å²) >= 11 is 3.43. The zero-order valence-electron chi connectivity index (χ0n) is 11.8. The van der Waals surface area contributed by atoms with Gasteiger partial charge in [0.2, 0.25) is 5.91 Å². The SMILES string of the molecule is Cc1cc(C)c(NC(=O)Cn2cc(N)ccc2=O)c(Br)c1. The molecule has 0 bridgehead atoms. The number of hydrogen-bond acceptors (Lipinski definition) is 3. The average Bonchev–Trinajstić information content (AvgIpc) is 2.38. The van der Waals surface area contributed by atoms with Crippen LogP contribution in [0.4, 0.5) is 11.4 Å². The zero-order chi connectivity index (χ0) is 15.6. The Kier molecular flexibility index (Phi) is 4.47. The van der Waals surface area contributed by atoms with Gasteiger partial charge in [0.25, 0.3) is 5.56 Å². The third-order valence-electron chi connectivity index (χ3n) is 3.02. The maximum atomic E-state index is 12.1. The van der Waals surface area contributed by atoms with E-state index in [-0.39, 0.29) is 18.0 Å². The molecule has 0 unspecified atom stereocenters. The van der Waals surface area contributed by atoms with E-state index in [0.717, 1.165) is 15.6 Å². The summed E-state index contributed by atoms with van der Waals surface area (Å²) in [6.07, 6.45) is 1.46. The summed E-state index contributed by atoms with van der Waals surface area (Å²) in [6.45, 7) is 3.82. The molecular formula is C15H16BrN3O2. The number of nitrogens with one attached hydrogen (secondary N) is 1. The van der Waals surface area contributed by atoms with Crippen LogP contribution in [0.15, 0.2) is 39.7 Å². The van der Waals surface area contributed by atoms with Crippen LogP contribution in [0.25, 0.3) is 0 Å². The summed E-state index contributed by atoms with van der Waals surface area (Å²) in [5, 5.41) is 2.81. The number of nitrogens with zero attached hydrogens (tertiary/aromatic N) is 1. The molecule has 3 N–H and O–H groups in total. The van der Waals surface area contributed by atoms with Crippen LogP contribution in [0.5, 0.6) is 0 Å². The standard InChI is InChI=1S/C15H16BrN3O2/c1-9-5-10(2)15(12(16)6-9)18-13(20)8-19-7-11(17)3-4-14(19)21/h3-7H,8,17H2,1-2H3,(H,18,20). The van der Waals surface area contributed by atoms with Gasteiger partial charge in [0.15, 0.2) is 0 Å². The van der Waals surface area contributed by atoms with E-state index < -0.39 is 0 Å². The Morgan fingerprint density at radius 3 is 2.71 bits per heavy atom. The van der Waals surface area contributed by atoms with E-state index in [2.05, 4.69) is 21.2 Å². The third kappa shape index (κ3) is 3.72. The number of nitrogen functional groups attached to an aromatic ring is 1. The van der Waals surface area contributed by atoms with Crippen LogP contribution in [0.1, 0.15) is 11.1 Å². The van der Waals surface area contributed by atoms with Gasteiger partial charge in [-0.2, -0.15) is 0 Å². The highest BCUT2D eigenvalue weighted by atomic mass is 79.9. The average molecular weight is 350 g/mol. The van der Waals surface area contributed by atoms with E-state index in [0.29, 0.717) is 11.4 Å². The Morgan fingerprint density at radius 1 is 1.33 bits per heavy atom. The lowest BCUT2D eigenvalue weighted by atomic mass is 10.1. The molecule has 1 aromatic heterocycles. The molecule has 0 saturated carbocycles. The van der Waals surface area contributed by atoms with Crippen LogP contribution in [0, 0.1) is 13.8 Å². The number of rotatable bonds is 3. The number of pyridine rings is 1. The number of carbonyl (C=O) groups is 1. The zero-order valence-corrected chi connectivity index (χ0v) is 13.4. The van der Waals surface area contributed by atoms with Gasteiger partial charge >= 0.3 is 0 Å². The van der Waals surface area contributed by atoms with Crippen molar-refractivity contribution in [2.75, 3.05) is 11.1 Å². The minimum absolute atomic E-state index is 0.0797. The van der Waals surface area contributed by atoms with Crippen molar-refractivity contribution in [3.05, 3.63) is 56.4 Å². The van der Waals surface area contributed by atoms with Crippen molar-refractivity contribution in [3.8, 4) is 0 Å². The molecule has 0 spiro atoms. The number of halogens is 1. The quantitative estimate of drug-likeness (QED) is 0.893. The highest BCUT2D eigenvalue weighted by Gasteiger charge is 2.10. The minimum Gasteiger partial charge on any atom is -0.398 e. The molecule has 0 aliphatic rings. The van der Waals surface area contributed by atoms with Crippen LogP contribution in [-0.2, 0) is 11.3 Å². The van der Waals surface area contributed by atoms with E-state index in [4.69, 9.17) is 5.73 Å². The summed E-state index contributed by atoms with van der Waals surface area (Å²) in [6, 6.07) is 6.76. The molecule has 1 amide bonds. The van der Waals surface area contributed by atoms with Crippen molar-refractivity contribution < 1.29 is 4.79 Å². The summed E-state index contributed by atoms with van der Waals surface area (Å²) in [4.78, 5) is 23.8. The number of nitrogens with two attached hydrogens (primary N) is 1. The molecule has 2 rings (SSSR count). The number of carbonyl (C=O) groups excluding carboxylic acids is 1. The van der Waals surface area contributed by atoms with Crippen LogP contribution >= 0.6 is 15.9 Å². The van der Waals surface area contributed by atoms with Crippen LogP contribution < -0.4 is 16.6 Å². The fraction of sp³-hybridized carbons (Fsp3) is 0.200. The van der Waals surface area contributed by atoms with Gasteiger partial charge < -0.3 is 15.6 Å². The molecule has 0 aliphatic carbocycles. The number of hydrogen-bond donors (Lipinski definition) is 2. The van der Waals surface area contributed by atoms with Gasteiger partial charge in [-0.25, -0.2) is 0 Å². The molecule has 0 saturated heterocycles. The first-order valence-electron chi connectivity index (χ1n) is 6.39. The number of aryl methyl sites for hydroxylation is 2. The first-order valence-corrected chi connectivity index (χ1v) is 7.18. The molecule has 2 aromatic rings. The first kappa shape index (κ1) is 15.3. The fourth-order valence-electron chi connectivity index (χ4n) is 2.08. The topological polar surface area (TPSA) is 77.1 Å². The number of benzene rings is 1. The lowest BCUT2D eigenvalue weighted by Crippen LogP contribution is -2.27. The lowest BCUT2D eigenvalue weighted by Gasteiger charge is -2.12. The molecular weight excluding hydrogens is 334 g/mol. The van der Waals surface area contributed by atoms with Crippen molar-refractivity contribution in [1.29, 1.82) is 0 Å². The van der Waals surface area contributed by atoms with Crippen LogP contribution in [0.2, 0.25) is 0 Å². The van der Waals surface area contributed by atoms with E-state index in [1.54, 1.807) is 0 Å². The van der Waals surface area contributed by atoms with Crippen molar-refractivity contribution in [2.45, 2.75) is 20.4 Å². The Morgan fingerprint density at radius 2 is 2.05 bits per heavy atom. The maximum absolute atomic E-state index is 12.1. The van der Waals surface area contributed by atoms with Gasteiger partial charge in [0, 0.05) is 22.4 Å². The Bertz CT molecular complexity index is 730. The number of amides is 1. The second-order valence-corrected chi connectivity index (χ2v) is 5.77. The monoisotopic (exact) mass is 349 g/mol. The van der Waals surface area contributed by atoms with Gasteiger partial charge in [-0.15, -0.1) is 0 Å². The van der Waals surface area contributed by atoms with Crippen LogP contribution in [-0.4, -0.2) is 10.5 Å². The van der Waals surface area contributed by atoms with Crippen molar-refractivity contribution in [1.82, 2.24) is 4.57 Å². The molecule has 0 aliphatic heterocycles. The highest BCUT2D eigenvalue weighted by Crippen LogP contribution is 2.27. The molecule has 6 heteroatoms. The van der Waals surface area contributed by atoms with Crippen LogP contribution in [0.3, 0.4) is 0 Å². The normalized spacial score (nSPS) is 10.4. The minimum atomic E-state index is -0.282. The molecule has 1 heterocycles. The van der Waals surface area contributed by atoms with E-state index in [9.17, 15) is 9.59 Å². The number of anilines is 2. The molecule has 1 aromatic carbocycles. The second-order valence-electron chi connectivity index (χ2n) is 4.92. The van der Waals surface area contributed by atoms with Gasteiger partial charge in [-0.3, -0.25) is 9.59 Å². The number of aromatic nitrogens is 1. The predicted molar refractivity (Wildman–Crippen MR) is 87.4 cm³/mol. The Hall–Kier alpha value is -2.08. The van der Waals surface area contributed by atoms with E-state index in [1.165, 1.54) is 22.9 Å². The fourth-order valence-corrected chi connectivity index (χ4v) is 2.85. The molecule has 5 nitrogen and oxygen atoms in total. The van der Waals surface area contributed by atoms with Gasteiger partial charge in [-0.05, 0) is 53.0 Å². The maximum Gasteiger partial charge on any atom is 0.251 e. The van der Waals surface area contributed by atoms with Gasteiger partial charge in [0.05, 0.1) is 5.69 Å². The largest absolute Gasteiger partial charge is 0.398 e. The van der Waals surface area contributed by atoms with Crippen molar-refractivity contribution >= 4 is 33.2 Å². The predicted octanol–water partition coefficient (Wildman–Crippen LogP) is 2.45. The first-order chi connectivity index (χ1) is 9.86. The van der Waals surface area contributed by atoms with Crippen molar-refractivity contribution in [3.63, 3.8) is 0 Å². The Labute approximate surface area is 130 Å². The molecule has 0 radical (unpaired) electrons. The molecule has 0 atom stereocenters. The molecule has 110 valence electrons. The molecule has 0 fully saturated rings. The Balaban J connectivity index is 2.19. The highest BCUT2D eigenvalue weighted by molar-refractivity contribution is 9.10. The van der Waals surface area contributed by atoms with Crippen molar-refractivity contribution in [2.24, 2.45) is 0 Å². The van der Waals surface area contributed by atoms with Gasteiger partial charge in [0.1, 0.15) is 6.54 Å². The van der Waals surface area contributed by atoms with E-state index >= 15 is 0 Å². The summed E-state index contributed by atoms with van der Waals surface area (Å²) in [5.74, 6) is -0.282. The summed E-state index contributed by atoms with van der Waals surface area (Å²) < 4.78 is 2.09. The van der Waals surface area contributed by atoms with E-state index in [1.807, 2.05) is 26.0 Å². The summed E-state index contributed by atoms with van der Waals surface area (Å²) in [7, 11) is 0. The third-order valence-corrected chi connectivity index (χ3v) is 3.64. The van der Waals surface area contributed by atoms with Gasteiger partial charge in [-0.1, -0.05) is 6.07 Å². The smallest absolute Gasteiger partial charge is 0.251 e.